The minimum atomic E-state index is -0.238. The van der Waals surface area contributed by atoms with E-state index in [9.17, 15) is 9.59 Å². The third kappa shape index (κ3) is 8.17. The fourth-order valence-corrected chi connectivity index (χ4v) is 3.69. The quantitative estimate of drug-likeness (QED) is 0.671. The highest BCUT2D eigenvalue weighted by atomic mass is 32.2. The van der Waals surface area contributed by atoms with Gasteiger partial charge in [0.15, 0.2) is 0 Å². The molecule has 0 bridgehead atoms. The predicted octanol–water partition coefficient (Wildman–Crippen LogP) is 3.25. The SMILES string of the molecule is CC(=O)CCSCc1cccc(CSC[C@H](C)C(N)=O)c1. The highest BCUT2D eigenvalue weighted by Crippen LogP contribution is 2.19. The van der Waals surface area contributed by atoms with Crippen LogP contribution in [0.25, 0.3) is 0 Å². The van der Waals surface area contributed by atoms with Crippen molar-refractivity contribution in [3.8, 4) is 0 Å². The summed E-state index contributed by atoms with van der Waals surface area (Å²) in [7, 11) is 0. The monoisotopic (exact) mass is 325 g/mol. The zero-order chi connectivity index (χ0) is 15.7. The van der Waals surface area contributed by atoms with Crippen LogP contribution in [0.2, 0.25) is 0 Å². The van der Waals surface area contributed by atoms with Crippen LogP contribution in [0.1, 0.15) is 31.4 Å². The molecule has 0 saturated carbocycles. The Balaban J connectivity index is 2.34. The summed E-state index contributed by atoms with van der Waals surface area (Å²) < 4.78 is 0. The van der Waals surface area contributed by atoms with E-state index in [2.05, 4.69) is 24.3 Å². The lowest BCUT2D eigenvalue weighted by Crippen LogP contribution is -2.22. The van der Waals surface area contributed by atoms with Crippen molar-refractivity contribution in [2.45, 2.75) is 31.8 Å². The number of hydrogen-bond acceptors (Lipinski definition) is 4. The molecule has 0 aliphatic rings. The van der Waals surface area contributed by atoms with E-state index in [4.69, 9.17) is 5.73 Å². The van der Waals surface area contributed by atoms with Crippen molar-refractivity contribution in [3.63, 3.8) is 0 Å². The zero-order valence-electron chi connectivity index (χ0n) is 12.6. The number of thioether (sulfide) groups is 2. The molecule has 0 unspecified atom stereocenters. The molecule has 1 rings (SSSR count). The maximum atomic E-state index is 11.0. The van der Waals surface area contributed by atoms with Crippen LogP contribution in [0.3, 0.4) is 0 Å². The second-order valence-corrected chi connectivity index (χ2v) is 7.28. The minimum absolute atomic E-state index is 0.0830. The van der Waals surface area contributed by atoms with Crippen molar-refractivity contribution < 1.29 is 9.59 Å². The average molecular weight is 325 g/mol. The minimum Gasteiger partial charge on any atom is -0.369 e. The van der Waals surface area contributed by atoms with Crippen LogP contribution in [-0.2, 0) is 21.1 Å². The van der Waals surface area contributed by atoms with Gasteiger partial charge in [-0.25, -0.2) is 0 Å². The molecule has 1 aromatic carbocycles. The number of ketones is 1. The summed E-state index contributed by atoms with van der Waals surface area (Å²) in [4.78, 5) is 21.9. The molecule has 2 N–H and O–H groups in total. The van der Waals surface area contributed by atoms with Crippen molar-refractivity contribution in [1.82, 2.24) is 0 Å². The van der Waals surface area contributed by atoms with E-state index in [-0.39, 0.29) is 17.6 Å². The molecule has 0 saturated heterocycles. The second kappa shape index (κ2) is 9.90. The van der Waals surface area contributed by atoms with E-state index in [0.29, 0.717) is 6.42 Å². The van der Waals surface area contributed by atoms with Crippen LogP contribution < -0.4 is 5.73 Å². The molecular weight excluding hydrogens is 302 g/mol. The number of benzene rings is 1. The molecule has 0 spiro atoms. The van der Waals surface area contributed by atoms with Gasteiger partial charge in [0, 0.05) is 35.4 Å². The van der Waals surface area contributed by atoms with E-state index in [1.54, 1.807) is 30.4 Å². The van der Waals surface area contributed by atoms with Gasteiger partial charge in [0.2, 0.25) is 5.91 Å². The van der Waals surface area contributed by atoms with Crippen molar-refractivity contribution in [3.05, 3.63) is 35.4 Å². The Kier molecular flexibility index (Phi) is 8.54. The first-order valence-electron chi connectivity index (χ1n) is 7.01. The molecule has 0 fully saturated rings. The van der Waals surface area contributed by atoms with E-state index < -0.39 is 0 Å². The van der Waals surface area contributed by atoms with Gasteiger partial charge in [0.25, 0.3) is 0 Å². The van der Waals surface area contributed by atoms with Gasteiger partial charge in [0.1, 0.15) is 5.78 Å². The van der Waals surface area contributed by atoms with Crippen LogP contribution in [0.5, 0.6) is 0 Å². The van der Waals surface area contributed by atoms with Crippen LogP contribution in [0, 0.1) is 5.92 Å². The highest BCUT2D eigenvalue weighted by molar-refractivity contribution is 7.98. The first-order chi connectivity index (χ1) is 9.99. The predicted molar refractivity (Wildman–Crippen MR) is 92.4 cm³/mol. The highest BCUT2D eigenvalue weighted by Gasteiger charge is 2.08. The van der Waals surface area contributed by atoms with Gasteiger partial charge < -0.3 is 5.73 Å². The lowest BCUT2D eigenvalue weighted by molar-refractivity contribution is -0.120. The summed E-state index contributed by atoms with van der Waals surface area (Å²) in [5.41, 5.74) is 7.80. The average Bonchev–Trinajstić information content (AvgIpc) is 2.43. The number of primary amides is 1. The standard InChI is InChI=1S/C16H23NO2S2/c1-12(16(17)19)9-21-11-15-5-3-4-14(8-15)10-20-7-6-13(2)18/h3-5,8,12H,6-7,9-11H2,1-2H3,(H2,17,19)/t12-/m0/s1. The summed E-state index contributed by atoms with van der Waals surface area (Å²) >= 11 is 3.52. The summed E-state index contributed by atoms with van der Waals surface area (Å²) in [5.74, 6) is 3.39. The Morgan fingerprint density at radius 3 is 2.38 bits per heavy atom. The fourth-order valence-electron chi connectivity index (χ4n) is 1.65. The maximum absolute atomic E-state index is 11.0. The fraction of sp³-hybridized carbons (Fsp3) is 0.500. The summed E-state index contributed by atoms with van der Waals surface area (Å²) in [6, 6.07) is 8.48. The van der Waals surface area contributed by atoms with Gasteiger partial charge in [-0.3, -0.25) is 9.59 Å². The number of nitrogens with two attached hydrogens (primary N) is 1. The van der Waals surface area contributed by atoms with Crippen LogP contribution in [0.15, 0.2) is 24.3 Å². The topological polar surface area (TPSA) is 60.2 Å². The molecule has 21 heavy (non-hydrogen) atoms. The van der Waals surface area contributed by atoms with E-state index >= 15 is 0 Å². The molecule has 0 aliphatic heterocycles. The lowest BCUT2D eigenvalue weighted by atomic mass is 10.2. The van der Waals surface area contributed by atoms with Crippen LogP contribution >= 0.6 is 23.5 Å². The third-order valence-corrected chi connectivity index (χ3v) is 5.28. The molecule has 0 aliphatic carbocycles. The number of Topliss-reactive ketones (excluding diaryl/α,β-unsaturated/α-hetero) is 1. The summed E-state index contributed by atoms with van der Waals surface area (Å²) in [6.07, 6.45) is 0.644. The number of carbonyl (C=O) groups excluding carboxylic acids is 2. The number of amides is 1. The van der Waals surface area contributed by atoms with Crippen molar-refractivity contribution in [1.29, 1.82) is 0 Å². The Morgan fingerprint density at radius 1 is 1.19 bits per heavy atom. The number of carbonyl (C=O) groups is 2. The molecule has 0 aromatic heterocycles. The third-order valence-electron chi connectivity index (χ3n) is 2.98. The normalized spacial score (nSPS) is 12.1. The summed E-state index contributed by atoms with van der Waals surface area (Å²) in [5, 5.41) is 0. The van der Waals surface area contributed by atoms with Crippen LogP contribution in [-0.4, -0.2) is 23.2 Å². The van der Waals surface area contributed by atoms with E-state index in [1.165, 1.54) is 11.1 Å². The van der Waals surface area contributed by atoms with Gasteiger partial charge in [-0.1, -0.05) is 31.2 Å². The first-order valence-corrected chi connectivity index (χ1v) is 9.32. The molecule has 3 nitrogen and oxygen atoms in total. The largest absolute Gasteiger partial charge is 0.369 e. The number of hydrogen-bond donors (Lipinski definition) is 1. The van der Waals surface area contributed by atoms with Crippen molar-refractivity contribution in [2.75, 3.05) is 11.5 Å². The van der Waals surface area contributed by atoms with Gasteiger partial charge in [-0.05, 0) is 18.1 Å². The summed E-state index contributed by atoms with van der Waals surface area (Å²) in [6.45, 7) is 3.49. The van der Waals surface area contributed by atoms with Gasteiger partial charge in [-0.2, -0.15) is 23.5 Å². The lowest BCUT2D eigenvalue weighted by Gasteiger charge is -2.08. The Hall–Kier alpha value is -0.940. The molecule has 1 aromatic rings. The zero-order valence-corrected chi connectivity index (χ0v) is 14.3. The maximum Gasteiger partial charge on any atom is 0.221 e. The Morgan fingerprint density at radius 2 is 1.81 bits per heavy atom. The van der Waals surface area contributed by atoms with Crippen molar-refractivity contribution >= 4 is 35.2 Å². The van der Waals surface area contributed by atoms with Gasteiger partial charge >= 0.3 is 0 Å². The smallest absolute Gasteiger partial charge is 0.221 e. The second-order valence-electron chi connectivity index (χ2n) is 5.14. The van der Waals surface area contributed by atoms with Gasteiger partial charge in [0.05, 0.1) is 0 Å². The molecular formula is C16H23NO2S2. The first kappa shape index (κ1) is 18.1. The molecule has 116 valence electrons. The van der Waals surface area contributed by atoms with Crippen molar-refractivity contribution in [2.24, 2.45) is 11.7 Å². The number of rotatable bonds is 10. The Labute approximate surface area is 135 Å². The van der Waals surface area contributed by atoms with E-state index in [0.717, 1.165) is 23.0 Å². The Bertz CT molecular complexity index is 477. The molecule has 0 radical (unpaired) electrons. The van der Waals surface area contributed by atoms with E-state index in [1.807, 2.05) is 6.92 Å². The van der Waals surface area contributed by atoms with Crippen LogP contribution in [0.4, 0.5) is 0 Å². The molecule has 1 atom stereocenters. The molecule has 0 heterocycles. The van der Waals surface area contributed by atoms with Gasteiger partial charge in [-0.15, -0.1) is 0 Å². The molecule has 1 amide bonds. The molecule has 5 heteroatoms.